The number of nitro benzene ring substituents is 1. The Morgan fingerprint density at radius 3 is 2.87 bits per heavy atom. The minimum Gasteiger partial charge on any atom is -0.472 e. The van der Waals surface area contributed by atoms with Gasteiger partial charge in [-0.25, -0.2) is 9.78 Å². The average Bonchev–Trinajstić information content (AvgIpc) is 3.18. The van der Waals surface area contributed by atoms with Gasteiger partial charge in [-0.05, 0) is 25.1 Å². The van der Waals surface area contributed by atoms with E-state index in [1.54, 1.807) is 18.4 Å². The van der Waals surface area contributed by atoms with Gasteiger partial charge in [0, 0.05) is 22.6 Å². The number of thiazole rings is 1. The van der Waals surface area contributed by atoms with Crippen LogP contribution >= 0.6 is 11.3 Å². The average molecular weight is 330 g/mol. The highest BCUT2D eigenvalue weighted by Gasteiger charge is 2.16. The number of carbonyl (C=O) groups is 1. The lowest BCUT2D eigenvalue weighted by molar-refractivity contribution is -0.385. The summed E-state index contributed by atoms with van der Waals surface area (Å²) in [4.78, 5) is 26.6. The summed E-state index contributed by atoms with van der Waals surface area (Å²) in [6.45, 7) is 1.58. The van der Waals surface area contributed by atoms with Crippen molar-refractivity contribution in [1.29, 1.82) is 0 Å². The number of aryl methyl sites for hydroxylation is 1. The second kappa shape index (κ2) is 6.01. The molecule has 0 radical (unpaired) electrons. The third-order valence-electron chi connectivity index (χ3n) is 3.06. The van der Waals surface area contributed by atoms with Crippen molar-refractivity contribution < 1.29 is 18.9 Å². The normalized spacial score (nSPS) is 10.5. The fourth-order valence-electron chi connectivity index (χ4n) is 1.94. The second-order valence-electron chi connectivity index (χ2n) is 4.64. The topological polar surface area (TPSA) is 95.5 Å². The van der Waals surface area contributed by atoms with Gasteiger partial charge in [0.25, 0.3) is 5.69 Å². The summed E-state index contributed by atoms with van der Waals surface area (Å²) >= 11 is 1.29. The van der Waals surface area contributed by atoms with Gasteiger partial charge in [0.15, 0.2) is 5.69 Å². The highest BCUT2D eigenvalue weighted by Crippen LogP contribution is 2.26. The Hall–Kier alpha value is -3.00. The highest BCUT2D eigenvalue weighted by atomic mass is 32.1. The van der Waals surface area contributed by atoms with E-state index in [2.05, 4.69) is 4.98 Å². The Morgan fingerprint density at radius 1 is 1.39 bits per heavy atom. The minimum atomic E-state index is -0.621. The first-order chi connectivity index (χ1) is 11.0. The molecule has 8 heteroatoms. The Kier molecular flexibility index (Phi) is 3.90. The number of esters is 1. The number of aromatic nitrogens is 1. The summed E-state index contributed by atoms with van der Waals surface area (Å²) in [5.41, 5.74) is 1.33. The van der Waals surface area contributed by atoms with Crippen molar-refractivity contribution in [2.45, 2.75) is 6.92 Å². The first-order valence-corrected chi connectivity index (χ1v) is 7.38. The van der Waals surface area contributed by atoms with Crippen molar-refractivity contribution in [3.63, 3.8) is 0 Å². The van der Waals surface area contributed by atoms with Crippen LogP contribution in [-0.4, -0.2) is 15.9 Å². The molecule has 0 unspecified atom stereocenters. The highest BCUT2D eigenvalue weighted by molar-refractivity contribution is 7.13. The molecule has 0 aliphatic heterocycles. The predicted molar refractivity (Wildman–Crippen MR) is 82.6 cm³/mol. The molecular weight excluding hydrogens is 320 g/mol. The molecule has 0 bridgehead atoms. The maximum atomic E-state index is 12.1. The molecule has 0 aliphatic carbocycles. The Labute approximate surface area is 134 Å². The largest absolute Gasteiger partial charge is 0.472 e. The van der Waals surface area contributed by atoms with Gasteiger partial charge in [0.1, 0.15) is 17.0 Å². The zero-order valence-electron chi connectivity index (χ0n) is 11.9. The van der Waals surface area contributed by atoms with Crippen LogP contribution in [0.2, 0.25) is 0 Å². The monoisotopic (exact) mass is 330 g/mol. The van der Waals surface area contributed by atoms with E-state index in [0.717, 1.165) is 5.56 Å². The molecule has 0 saturated heterocycles. The summed E-state index contributed by atoms with van der Waals surface area (Å²) in [7, 11) is 0. The van der Waals surface area contributed by atoms with Crippen molar-refractivity contribution in [2.75, 3.05) is 0 Å². The van der Waals surface area contributed by atoms with E-state index in [4.69, 9.17) is 9.15 Å². The van der Waals surface area contributed by atoms with Crippen molar-refractivity contribution in [1.82, 2.24) is 4.98 Å². The van der Waals surface area contributed by atoms with Crippen molar-refractivity contribution in [3.8, 4) is 16.3 Å². The van der Waals surface area contributed by atoms with E-state index in [-0.39, 0.29) is 17.1 Å². The molecule has 3 rings (SSSR count). The lowest BCUT2D eigenvalue weighted by atomic mass is 10.2. The number of benzene rings is 1. The molecule has 0 spiro atoms. The molecule has 2 heterocycles. The zero-order chi connectivity index (χ0) is 16.4. The molecule has 0 amide bonds. The van der Waals surface area contributed by atoms with Crippen LogP contribution in [0.15, 0.2) is 46.6 Å². The lowest BCUT2D eigenvalue weighted by Crippen LogP contribution is -2.09. The molecule has 0 saturated carbocycles. The fraction of sp³-hybridized carbons (Fsp3) is 0.0667. The fourth-order valence-corrected chi connectivity index (χ4v) is 2.72. The summed E-state index contributed by atoms with van der Waals surface area (Å²) in [5.74, 6) is -0.389. The van der Waals surface area contributed by atoms with Gasteiger partial charge in [0.05, 0.1) is 11.2 Å². The van der Waals surface area contributed by atoms with E-state index < -0.39 is 10.9 Å². The van der Waals surface area contributed by atoms with Crippen LogP contribution in [0.5, 0.6) is 5.75 Å². The number of nitro groups is 1. The van der Waals surface area contributed by atoms with Gasteiger partial charge in [-0.3, -0.25) is 10.1 Å². The molecule has 0 aliphatic rings. The first-order valence-electron chi connectivity index (χ1n) is 6.50. The second-order valence-corrected chi connectivity index (χ2v) is 5.50. The van der Waals surface area contributed by atoms with Gasteiger partial charge in [-0.1, -0.05) is 0 Å². The van der Waals surface area contributed by atoms with Crippen molar-refractivity contribution in [2.24, 2.45) is 0 Å². The lowest BCUT2D eigenvalue weighted by Gasteiger charge is -2.03. The maximum Gasteiger partial charge on any atom is 0.363 e. The quantitative estimate of drug-likeness (QED) is 0.312. The third kappa shape index (κ3) is 3.11. The summed E-state index contributed by atoms with van der Waals surface area (Å²) < 4.78 is 10.2. The van der Waals surface area contributed by atoms with E-state index >= 15 is 0 Å². The first kappa shape index (κ1) is 14.9. The number of rotatable bonds is 4. The molecule has 0 atom stereocenters. The van der Waals surface area contributed by atoms with E-state index in [1.165, 1.54) is 42.1 Å². The minimum absolute atomic E-state index is 0.0271. The standard InChI is InChI=1S/C15H10N2O5S/c1-9-6-11(2-3-13(9)17(19)20)22-15(18)12-8-23-14(16-12)10-4-5-21-7-10/h2-8H,1H3. The molecule has 2 aromatic heterocycles. The molecule has 3 aromatic rings. The van der Waals surface area contributed by atoms with Crippen LogP contribution in [0.3, 0.4) is 0 Å². The van der Waals surface area contributed by atoms with E-state index in [0.29, 0.717) is 10.6 Å². The van der Waals surface area contributed by atoms with Gasteiger partial charge in [-0.15, -0.1) is 11.3 Å². The summed E-state index contributed by atoms with van der Waals surface area (Å²) in [6.07, 6.45) is 3.06. The summed E-state index contributed by atoms with van der Waals surface area (Å²) in [6, 6.07) is 5.87. The summed E-state index contributed by atoms with van der Waals surface area (Å²) in [5, 5.41) is 13.0. The number of furan rings is 1. The Bertz CT molecular complexity index is 870. The van der Waals surface area contributed by atoms with Gasteiger partial charge >= 0.3 is 5.97 Å². The van der Waals surface area contributed by atoms with Crippen molar-refractivity contribution in [3.05, 3.63) is 63.5 Å². The molecule has 1 aromatic carbocycles. The van der Waals surface area contributed by atoms with Crippen LogP contribution in [0.4, 0.5) is 5.69 Å². The van der Waals surface area contributed by atoms with Crippen LogP contribution < -0.4 is 4.74 Å². The molecule has 0 N–H and O–H groups in total. The van der Waals surface area contributed by atoms with Crippen LogP contribution in [-0.2, 0) is 0 Å². The van der Waals surface area contributed by atoms with Gasteiger partial charge in [0.2, 0.25) is 0 Å². The van der Waals surface area contributed by atoms with Gasteiger partial charge in [-0.2, -0.15) is 0 Å². The molecule has 23 heavy (non-hydrogen) atoms. The van der Waals surface area contributed by atoms with Crippen LogP contribution in [0, 0.1) is 17.0 Å². The molecular formula is C15H10N2O5S. The predicted octanol–water partition coefficient (Wildman–Crippen LogP) is 3.84. The van der Waals surface area contributed by atoms with Gasteiger partial charge < -0.3 is 9.15 Å². The zero-order valence-corrected chi connectivity index (χ0v) is 12.7. The van der Waals surface area contributed by atoms with Crippen LogP contribution in [0.1, 0.15) is 16.1 Å². The smallest absolute Gasteiger partial charge is 0.363 e. The third-order valence-corrected chi connectivity index (χ3v) is 3.95. The van der Waals surface area contributed by atoms with Crippen molar-refractivity contribution >= 4 is 23.0 Å². The molecule has 0 fully saturated rings. The SMILES string of the molecule is Cc1cc(OC(=O)c2csc(-c3ccoc3)n2)ccc1[N+](=O)[O-]. The van der Waals surface area contributed by atoms with Crippen LogP contribution in [0.25, 0.3) is 10.6 Å². The number of ether oxygens (including phenoxy) is 1. The Balaban J connectivity index is 1.77. The maximum absolute atomic E-state index is 12.1. The molecule has 116 valence electrons. The van der Waals surface area contributed by atoms with E-state index in [1.807, 2.05) is 0 Å². The molecule has 7 nitrogen and oxygen atoms in total. The Morgan fingerprint density at radius 2 is 2.22 bits per heavy atom. The number of carbonyl (C=O) groups excluding carboxylic acids is 1. The van der Waals surface area contributed by atoms with E-state index in [9.17, 15) is 14.9 Å². The number of nitrogens with zero attached hydrogens (tertiary/aromatic N) is 2. The number of hydrogen-bond donors (Lipinski definition) is 0. The number of hydrogen-bond acceptors (Lipinski definition) is 7.